The zero-order chi connectivity index (χ0) is 15.3. The minimum Gasteiger partial charge on any atom is -1.00 e. The molecule has 2 aromatic carbocycles. The van der Waals surface area contributed by atoms with Crippen LogP contribution in [0.1, 0.15) is 17.5 Å². The Hall–Kier alpha value is -0.530. The molecule has 0 spiro atoms. The van der Waals surface area contributed by atoms with E-state index in [-0.39, 0.29) is 24.8 Å². The van der Waals surface area contributed by atoms with Gasteiger partial charge in [0.1, 0.15) is 0 Å². The van der Waals surface area contributed by atoms with Crippen LogP contribution < -0.4 is 30.0 Å². The van der Waals surface area contributed by atoms with Gasteiger partial charge in [-0.05, 0) is 0 Å². The van der Waals surface area contributed by atoms with Crippen molar-refractivity contribution in [1.82, 2.24) is 0 Å². The van der Waals surface area contributed by atoms with Crippen LogP contribution in [-0.2, 0) is 24.7 Å². The van der Waals surface area contributed by atoms with E-state index < -0.39 is 8.41 Å². The predicted octanol–water partition coefficient (Wildman–Crippen LogP) is -2.07. The molecule has 2 aliphatic rings. The first-order valence-corrected chi connectivity index (χ1v) is 11.4. The molecule has 4 heteroatoms. The van der Waals surface area contributed by atoms with Crippen molar-refractivity contribution in [2.45, 2.75) is 19.5 Å². The molecule has 0 unspecified atom stereocenters. The number of benzene rings is 2. The molecule has 0 fully saturated rings. The number of hydrogen-bond donors (Lipinski definition) is 0. The average Bonchev–Trinajstić information content (AvgIpc) is 3.15. The number of fused-ring (bicyclic) bond motifs is 2. The Kier molecular flexibility index (Phi) is 6.42. The molecule has 0 aromatic heterocycles. The second kappa shape index (κ2) is 7.79. The molecule has 0 bridgehead atoms. The number of halogens is 2. The maximum Gasteiger partial charge on any atom is -1.00 e. The molecular weight excluding hydrogens is 430 g/mol. The van der Waals surface area contributed by atoms with Gasteiger partial charge in [0.2, 0.25) is 0 Å². The van der Waals surface area contributed by atoms with Gasteiger partial charge in [-0.3, -0.25) is 0 Å². The Morgan fingerprint density at radius 3 is 2.21 bits per heavy atom. The van der Waals surface area contributed by atoms with Crippen LogP contribution in [0.3, 0.4) is 0 Å². The van der Waals surface area contributed by atoms with Crippen molar-refractivity contribution in [2.75, 3.05) is 0 Å². The summed E-state index contributed by atoms with van der Waals surface area (Å²) in [5, 5.41) is 4.31. The zero-order valence-electron chi connectivity index (χ0n) is 13.7. The maximum atomic E-state index is 2.41. The van der Waals surface area contributed by atoms with E-state index in [4.69, 9.17) is 0 Å². The van der Waals surface area contributed by atoms with Gasteiger partial charge in [-0.15, -0.1) is 0 Å². The van der Waals surface area contributed by atoms with Gasteiger partial charge in [0.05, 0.1) is 0 Å². The molecule has 0 saturated carbocycles. The SMILES string of the molecule is C[Si](C)=c1ccc2c(c1C1=CC=CC1)[C]([Zr+2])=c1ccccc1=2.[Cl-].[Cl-]. The fourth-order valence-electron chi connectivity index (χ4n) is 3.54. The summed E-state index contributed by atoms with van der Waals surface area (Å²) < 4.78 is 1.53. The van der Waals surface area contributed by atoms with Gasteiger partial charge in [0.15, 0.2) is 0 Å². The first-order chi connectivity index (χ1) is 10.7. The first kappa shape index (κ1) is 19.8. The Bertz CT molecular complexity index is 1080. The fraction of sp³-hybridized carbons (Fsp3) is 0.150. The largest absolute Gasteiger partial charge is 1.00 e. The number of hydrogen-bond acceptors (Lipinski definition) is 0. The molecular formula is C20H17Cl2SiZr. The Balaban J connectivity index is 0.00000104. The van der Waals surface area contributed by atoms with E-state index in [0.29, 0.717) is 0 Å². The molecule has 0 amide bonds. The van der Waals surface area contributed by atoms with Crippen LogP contribution in [0.4, 0.5) is 0 Å². The Labute approximate surface area is 171 Å². The monoisotopic (exact) mass is 445 g/mol. The minimum atomic E-state index is -0.481. The van der Waals surface area contributed by atoms with Crippen LogP contribution in [0.2, 0.25) is 13.1 Å². The van der Waals surface area contributed by atoms with E-state index in [9.17, 15) is 0 Å². The Morgan fingerprint density at radius 1 is 0.875 bits per heavy atom. The maximum absolute atomic E-state index is 2.41. The summed E-state index contributed by atoms with van der Waals surface area (Å²) in [6, 6.07) is 13.7. The molecule has 0 radical (unpaired) electrons. The molecule has 0 heterocycles. The van der Waals surface area contributed by atoms with Crippen molar-refractivity contribution >= 4 is 17.3 Å². The molecule has 0 nitrogen and oxygen atoms in total. The summed E-state index contributed by atoms with van der Waals surface area (Å²) in [6.07, 6.45) is 7.89. The van der Waals surface area contributed by atoms with Gasteiger partial charge in [0.25, 0.3) is 0 Å². The summed E-state index contributed by atoms with van der Waals surface area (Å²) in [7, 11) is -0.481. The van der Waals surface area contributed by atoms with E-state index in [1.807, 2.05) is 0 Å². The van der Waals surface area contributed by atoms with Crippen LogP contribution in [0, 0.1) is 15.3 Å². The van der Waals surface area contributed by atoms with Crippen molar-refractivity contribution in [1.29, 1.82) is 0 Å². The normalized spacial score (nSPS) is 13.7. The third-order valence-electron chi connectivity index (χ3n) is 4.57. The van der Waals surface area contributed by atoms with Crippen LogP contribution in [-0.4, -0.2) is 8.41 Å². The molecule has 4 rings (SSSR count). The zero-order valence-corrected chi connectivity index (χ0v) is 18.6. The van der Waals surface area contributed by atoms with Gasteiger partial charge in [-0.1, -0.05) is 0 Å². The van der Waals surface area contributed by atoms with E-state index >= 15 is 0 Å². The Morgan fingerprint density at radius 2 is 1.58 bits per heavy atom. The van der Waals surface area contributed by atoms with E-state index in [0.717, 1.165) is 6.42 Å². The van der Waals surface area contributed by atoms with Crippen LogP contribution in [0.15, 0.2) is 54.6 Å². The van der Waals surface area contributed by atoms with Gasteiger partial charge >= 0.3 is 148 Å². The first-order valence-electron chi connectivity index (χ1n) is 7.71. The van der Waals surface area contributed by atoms with Gasteiger partial charge in [-0.2, -0.15) is 0 Å². The van der Waals surface area contributed by atoms with Crippen molar-refractivity contribution < 1.29 is 49.5 Å². The van der Waals surface area contributed by atoms with E-state index in [2.05, 4.69) is 67.7 Å². The van der Waals surface area contributed by atoms with Gasteiger partial charge < -0.3 is 24.8 Å². The van der Waals surface area contributed by atoms with Crippen LogP contribution in [0.5, 0.6) is 0 Å². The molecule has 0 atom stereocenters. The van der Waals surface area contributed by atoms with Crippen LogP contribution >= 0.6 is 0 Å². The molecule has 2 aliphatic carbocycles. The van der Waals surface area contributed by atoms with Gasteiger partial charge in [0, 0.05) is 0 Å². The molecule has 119 valence electrons. The molecule has 24 heavy (non-hydrogen) atoms. The molecule has 0 N–H and O–H groups in total. The summed E-state index contributed by atoms with van der Waals surface area (Å²) in [5.74, 6) is 0. The number of rotatable bonds is 1. The second-order valence-corrected chi connectivity index (χ2v) is 9.92. The molecule has 2 aromatic rings. The van der Waals surface area contributed by atoms with Crippen LogP contribution in [0.25, 0.3) is 8.85 Å². The summed E-state index contributed by atoms with van der Waals surface area (Å²) >= 11 is 1.52. The second-order valence-electron chi connectivity index (χ2n) is 6.16. The quantitative estimate of drug-likeness (QED) is 0.441. The minimum absolute atomic E-state index is 0. The van der Waals surface area contributed by atoms with Crippen molar-refractivity contribution in [3.63, 3.8) is 0 Å². The summed E-state index contributed by atoms with van der Waals surface area (Å²) in [4.78, 5) is 1.59. The topological polar surface area (TPSA) is 0 Å². The third-order valence-corrected chi connectivity index (χ3v) is 7.34. The average molecular weight is 448 g/mol. The summed E-state index contributed by atoms with van der Waals surface area (Å²) in [6.45, 7) is 4.81. The molecule has 0 saturated heterocycles. The van der Waals surface area contributed by atoms with Gasteiger partial charge in [-0.25, -0.2) is 0 Å². The number of allylic oxidation sites excluding steroid dienone is 4. The summed E-state index contributed by atoms with van der Waals surface area (Å²) in [5.41, 5.74) is 4.58. The van der Waals surface area contributed by atoms with Crippen molar-refractivity contribution in [3.8, 4) is 0 Å². The standard InChI is InChI=1S/C20H17Si.2ClH.Zr/c1-21(2)19-12-11-17-16-10-6-5-9-15(16)13-18(17)20(19)14-7-3-4-8-14;;;/h3-7,9-12H,8H2,1-2H3;2*1H;/q;;;+2/p-2. The third kappa shape index (κ3) is 3.03. The van der Waals surface area contributed by atoms with E-state index in [1.54, 1.807) is 10.4 Å². The molecule has 0 aliphatic heterocycles. The van der Waals surface area contributed by atoms with Crippen molar-refractivity contribution in [2.24, 2.45) is 0 Å². The predicted molar refractivity (Wildman–Crippen MR) is 90.7 cm³/mol. The fourth-order valence-corrected chi connectivity index (χ4v) is 5.92. The van der Waals surface area contributed by atoms with E-state index in [1.165, 1.54) is 54.8 Å². The smallest absolute Gasteiger partial charge is 1.00 e. The van der Waals surface area contributed by atoms with Crippen molar-refractivity contribution in [3.05, 3.63) is 86.2 Å².